The highest BCUT2D eigenvalue weighted by Crippen LogP contribution is 2.28. The zero-order valence-electron chi connectivity index (χ0n) is 21.3. The number of nitrogens with two attached hydrogens (primary N) is 1. The minimum atomic E-state index is -0.0382. The molecule has 0 saturated carbocycles. The number of benzene rings is 1. The van der Waals surface area contributed by atoms with Gasteiger partial charge < -0.3 is 20.4 Å². The summed E-state index contributed by atoms with van der Waals surface area (Å²) in [7, 11) is 0. The minimum Gasteiger partial charge on any atom is -0.372 e. The number of hydrogen-bond acceptors (Lipinski definition) is 6. The van der Waals surface area contributed by atoms with Crippen molar-refractivity contribution in [3.8, 4) is 0 Å². The van der Waals surface area contributed by atoms with E-state index >= 15 is 0 Å². The van der Waals surface area contributed by atoms with Crippen LogP contribution in [0.15, 0.2) is 30.3 Å². The summed E-state index contributed by atoms with van der Waals surface area (Å²) < 4.78 is 0. The largest absolute Gasteiger partial charge is 0.372 e. The third-order valence-corrected chi connectivity index (χ3v) is 6.82. The quantitative estimate of drug-likeness (QED) is 0.683. The predicted molar refractivity (Wildman–Crippen MR) is 139 cm³/mol. The normalized spacial score (nSPS) is 17.3. The molecule has 0 unspecified atom stereocenters. The molecule has 2 saturated heterocycles. The molecule has 3 heterocycles. The number of nitrogen functional groups attached to an aromatic ring is 1. The topological polar surface area (TPSA) is 78.6 Å². The molecule has 34 heavy (non-hydrogen) atoms. The summed E-state index contributed by atoms with van der Waals surface area (Å²) in [5, 5.41) is 0. The van der Waals surface area contributed by atoms with Crippen LogP contribution in [0.1, 0.15) is 64.1 Å². The van der Waals surface area contributed by atoms with Crippen molar-refractivity contribution < 1.29 is 4.79 Å². The average molecular weight is 465 g/mol. The molecule has 184 valence electrons. The van der Waals surface area contributed by atoms with Crippen LogP contribution in [-0.4, -0.2) is 53.0 Å². The van der Waals surface area contributed by atoms with E-state index in [2.05, 4.69) is 69.7 Å². The van der Waals surface area contributed by atoms with Crippen LogP contribution >= 0.6 is 0 Å². The van der Waals surface area contributed by atoms with E-state index in [1.54, 1.807) is 0 Å². The van der Waals surface area contributed by atoms with Crippen molar-refractivity contribution in [1.82, 2.24) is 14.9 Å². The van der Waals surface area contributed by atoms with Crippen LogP contribution in [0, 0.1) is 12.3 Å². The van der Waals surface area contributed by atoms with Crippen LogP contribution in [0.25, 0.3) is 0 Å². The van der Waals surface area contributed by atoms with Crippen LogP contribution in [0.2, 0.25) is 0 Å². The Morgan fingerprint density at radius 1 is 1.06 bits per heavy atom. The van der Waals surface area contributed by atoms with Crippen molar-refractivity contribution in [3.63, 3.8) is 0 Å². The highest BCUT2D eigenvalue weighted by molar-refractivity contribution is 5.77. The van der Waals surface area contributed by atoms with E-state index in [0.717, 1.165) is 50.5 Å². The number of rotatable bonds is 6. The van der Waals surface area contributed by atoms with Gasteiger partial charge in [-0.1, -0.05) is 32.9 Å². The Hall–Kier alpha value is -2.83. The molecule has 4 rings (SSSR count). The standard InChI is InChI=1S/C27H40N6O/c1-20-16-24(30-26(28)29-20)32-14-10-22(11-15-32)33(25(34)18-27(2,3)4)19-21-8-7-9-23(17-21)31-12-5-6-13-31/h7-9,16-17,22H,5-6,10-15,18-19H2,1-4H3,(H2,28,29,30). The second-order valence-corrected chi connectivity index (χ2v) is 11.1. The predicted octanol–water partition coefficient (Wildman–Crippen LogP) is 4.40. The lowest BCUT2D eigenvalue weighted by molar-refractivity contribution is -0.136. The molecule has 1 amide bonds. The van der Waals surface area contributed by atoms with Crippen LogP contribution in [0.5, 0.6) is 0 Å². The lowest BCUT2D eigenvalue weighted by Gasteiger charge is -2.40. The minimum absolute atomic E-state index is 0.0382. The number of carbonyl (C=O) groups is 1. The maximum atomic E-state index is 13.5. The third kappa shape index (κ3) is 6.19. The van der Waals surface area contributed by atoms with Crippen molar-refractivity contribution in [2.75, 3.05) is 41.7 Å². The summed E-state index contributed by atoms with van der Waals surface area (Å²) in [6.07, 6.45) is 4.92. The van der Waals surface area contributed by atoms with Crippen molar-refractivity contribution in [3.05, 3.63) is 41.6 Å². The maximum Gasteiger partial charge on any atom is 0.223 e. The number of carbonyl (C=O) groups excluding carboxylic acids is 1. The summed E-state index contributed by atoms with van der Waals surface area (Å²) in [6, 6.07) is 11.0. The van der Waals surface area contributed by atoms with E-state index < -0.39 is 0 Å². The van der Waals surface area contributed by atoms with Gasteiger partial charge in [-0.3, -0.25) is 4.79 Å². The van der Waals surface area contributed by atoms with Crippen LogP contribution in [0.3, 0.4) is 0 Å². The van der Waals surface area contributed by atoms with Crippen molar-refractivity contribution in [1.29, 1.82) is 0 Å². The van der Waals surface area contributed by atoms with Gasteiger partial charge in [-0.2, -0.15) is 4.98 Å². The molecule has 0 spiro atoms. The molecule has 0 bridgehead atoms. The molecule has 2 fully saturated rings. The average Bonchev–Trinajstić information content (AvgIpc) is 3.31. The first-order valence-electron chi connectivity index (χ1n) is 12.7. The summed E-state index contributed by atoms with van der Waals surface area (Å²) in [5.74, 6) is 1.45. The van der Waals surface area contributed by atoms with Crippen molar-refractivity contribution in [2.45, 2.75) is 72.4 Å². The zero-order chi connectivity index (χ0) is 24.3. The van der Waals surface area contributed by atoms with Gasteiger partial charge in [-0.05, 0) is 55.7 Å². The zero-order valence-corrected chi connectivity index (χ0v) is 21.3. The Balaban J connectivity index is 1.49. The van der Waals surface area contributed by atoms with E-state index in [0.29, 0.717) is 18.9 Å². The molecule has 1 aromatic heterocycles. The van der Waals surface area contributed by atoms with Gasteiger partial charge in [0.05, 0.1) is 0 Å². The van der Waals surface area contributed by atoms with Crippen LogP contribution in [-0.2, 0) is 11.3 Å². The first kappa shape index (κ1) is 24.3. The fourth-order valence-corrected chi connectivity index (χ4v) is 5.14. The Labute approximate surface area is 204 Å². The van der Waals surface area contributed by atoms with E-state index in [1.165, 1.54) is 24.1 Å². The Bertz CT molecular complexity index is 967. The lowest BCUT2D eigenvalue weighted by atomic mass is 9.90. The van der Waals surface area contributed by atoms with Gasteiger partial charge >= 0.3 is 0 Å². The van der Waals surface area contributed by atoms with E-state index in [4.69, 9.17) is 5.73 Å². The highest BCUT2D eigenvalue weighted by Gasteiger charge is 2.31. The molecule has 2 aliphatic heterocycles. The molecule has 1 aromatic carbocycles. The van der Waals surface area contributed by atoms with Gasteiger partial charge in [-0.25, -0.2) is 4.98 Å². The van der Waals surface area contributed by atoms with Gasteiger partial charge in [0.25, 0.3) is 0 Å². The number of nitrogens with zero attached hydrogens (tertiary/aromatic N) is 5. The SMILES string of the molecule is Cc1cc(N2CCC(N(Cc3cccc(N4CCCC4)c3)C(=O)CC(C)(C)C)CC2)nc(N)n1. The molecule has 2 aromatic rings. The summed E-state index contributed by atoms with van der Waals surface area (Å²) >= 11 is 0. The molecule has 7 heteroatoms. The smallest absolute Gasteiger partial charge is 0.223 e. The van der Waals surface area contributed by atoms with Crippen molar-refractivity contribution >= 4 is 23.4 Å². The monoisotopic (exact) mass is 464 g/mol. The number of anilines is 3. The molecular weight excluding hydrogens is 424 g/mol. The first-order valence-corrected chi connectivity index (χ1v) is 12.7. The fraction of sp³-hybridized carbons (Fsp3) is 0.593. The molecule has 2 N–H and O–H groups in total. The summed E-state index contributed by atoms with van der Waals surface area (Å²) in [6.45, 7) is 13.0. The summed E-state index contributed by atoms with van der Waals surface area (Å²) in [5.41, 5.74) is 9.22. The number of hydrogen-bond donors (Lipinski definition) is 1. The molecule has 0 radical (unpaired) electrons. The van der Waals surface area contributed by atoms with Crippen molar-refractivity contribution in [2.24, 2.45) is 5.41 Å². The van der Waals surface area contributed by atoms with E-state index in [1.807, 2.05) is 13.0 Å². The lowest BCUT2D eigenvalue weighted by Crippen LogP contribution is -2.48. The Kier molecular flexibility index (Phi) is 7.29. The summed E-state index contributed by atoms with van der Waals surface area (Å²) in [4.78, 5) is 29.0. The molecule has 0 atom stereocenters. The van der Waals surface area contributed by atoms with Gasteiger partial charge in [0.1, 0.15) is 5.82 Å². The van der Waals surface area contributed by atoms with Gasteiger partial charge in [0, 0.05) is 62.6 Å². The van der Waals surface area contributed by atoms with Crippen LogP contribution in [0.4, 0.5) is 17.5 Å². The fourth-order valence-electron chi connectivity index (χ4n) is 5.14. The van der Waals surface area contributed by atoms with Gasteiger partial charge in [-0.15, -0.1) is 0 Å². The molecular formula is C27H40N6O. The molecule has 2 aliphatic rings. The third-order valence-electron chi connectivity index (χ3n) is 6.82. The van der Waals surface area contributed by atoms with Gasteiger partial charge in [0.2, 0.25) is 11.9 Å². The number of amides is 1. The second-order valence-electron chi connectivity index (χ2n) is 11.1. The number of aromatic nitrogens is 2. The molecule has 0 aliphatic carbocycles. The van der Waals surface area contributed by atoms with E-state index in [-0.39, 0.29) is 17.4 Å². The van der Waals surface area contributed by atoms with Gasteiger partial charge in [0.15, 0.2) is 0 Å². The van der Waals surface area contributed by atoms with E-state index in [9.17, 15) is 4.79 Å². The highest BCUT2D eigenvalue weighted by atomic mass is 16.2. The number of aryl methyl sites for hydroxylation is 1. The first-order chi connectivity index (χ1) is 16.2. The van der Waals surface area contributed by atoms with Crippen LogP contribution < -0.4 is 15.5 Å². The maximum absolute atomic E-state index is 13.5. The number of piperidine rings is 1. The Morgan fingerprint density at radius 2 is 1.76 bits per heavy atom. The molecule has 7 nitrogen and oxygen atoms in total. The second kappa shape index (κ2) is 10.2. The Morgan fingerprint density at radius 3 is 2.41 bits per heavy atom.